The molecule has 1 aromatic rings. The monoisotopic (exact) mass is 220 g/mol. The molecule has 0 fully saturated rings. The maximum absolute atomic E-state index is 11.8. The molecule has 1 aromatic carbocycles. The maximum Gasteiger partial charge on any atom is 0.227 e. The number of carbonyl (C=O) groups excluding carboxylic acids is 1. The van der Waals surface area contributed by atoms with Crippen molar-refractivity contribution in [2.75, 3.05) is 13.1 Å². The van der Waals surface area contributed by atoms with Crippen LogP contribution in [0.4, 0.5) is 0 Å². The first-order chi connectivity index (χ1) is 7.65. The molecule has 0 aliphatic carbocycles. The fraction of sp³-hybridized carbons (Fsp3) is 0.462. The van der Waals surface area contributed by atoms with Crippen LogP contribution in [-0.4, -0.2) is 19.0 Å². The highest BCUT2D eigenvalue weighted by molar-refractivity contribution is 5.83. The number of carbonyl (C=O) groups is 1. The van der Waals surface area contributed by atoms with Crippen LogP contribution >= 0.6 is 0 Å². The largest absolute Gasteiger partial charge is 0.355 e. The van der Waals surface area contributed by atoms with Gasteiger partial charge in [-0.3, -0.25) is 4.79 Å². The first-order valence-corrected chi connectivity index (χ1v) is 5.68. The molecule has 0 aromatic heterocycles. The molecule has 16 heavy (non-hydrogen) atoms. The van der Waals surface area contributed by atoms with Gasteiger partial charge in [0.05, 0.1) is 5.92 Å². The molecule has 2 atom stereocenters. The predicted molar refractivity (Wildman–Crippen MR) is 66.1 cm³/mol. The second kappa shape index (κ2) is 6.28. The van der Waals surface area contributed by atoms with E-state index in [1.54, 1.807) is 0 Å². The lowest BCUT2D eigenvalue weighted by Crippen LogP contribution is -2.33. The first kappa shape index (κ1) is 12.7. The third kappa shape index (κ3) is 3.66. The average molecular weight is 220 g/mol. The van der Waals surface area contributed by atoms with Crippen molar-refractivity contribution < 1.29 is 4.79 Å². The Morgan fingerprint density at radius 3 is 2.50 bits per heavy atom. The number of hydrogen-bond donors (Lipinski definition) is 2. The third-order valence-electron chi connectivity index (χ3n) is 2.72. The minimum Gasteiger partial charge on any atom is -0.355 e. The Bertz CT molecular complexity index is 324. The molecule has 0 heterocycles. The van der Waals surface area contributed by atoms with Gasteiger partial charge in [0.2, 0.25) is 5.91 Å². The summed E-state index contributed by atoms with van der Waals surface area (Å²) in [5, 5.41) is 2.91. The van der Waals surface area contributed by atoms with Crippen LogP contribution in [0.2, 0.25) is 0 Å². The van der Waals surface area contributed by atoms with Crippen LogP contribution in [-0.2, 0) is 4.79 Å². The van der Waals surface area contributed by atoms with Gasteiger partial charge in [-0.25, -0.2) is 0 Å². The zero-order valence-corrected chi connectivity index (χ0v) is 9.94. The van der Waals surface area contributed by atoms with Gasteiger partial charge < -0.3 is 11.1 Å². The van der Waals surface area contributed by atoms with E-state index in [0.29, 0.717) is 19.0 Å². The second-order valence-corrected chi connectivity index (χ2v) is 4.22. The van der Waals surface area contributed by atoms with Gasteiger partial charge in [-0.2, -0.15) is 0 Å². The van der Waals surface area contributed by atoms with Gasteiger partial charge in [0, 0.05) is 6.54 Å². The minimum atomic E-state index is -0.105. The summed E-state index contributed by atoms with van der Waals surface area (Å²) in [6, 6.07) is 9.78. The molecule has 3 heteroatoms. The molecule has 2 unspecified atom stereocenters. The molecule has 0 aliphatic heterocycles. The van der Waals surface area contributed by atoms with Crippen molar-refractivity contribution in [2.45, 2.75) is 19.8 Å². The van der Waals surface area contributed by atoms with E-state index in [9.17, 15) is 4.79 Å². The maximum atomic E-state index is 11.8. The van der Waals surface area contributed by atoms with Gasteiger partial charge in [-0.15, -0.1) is 0 Å². The van der Waals surface area contributed by atoms with Crippen molar-refractivity contribution >= 4 is 5.91 Å². The Hall–Kier alpha value is -1.35. The number of amides is 1. The summed E-state index contributed by atoms with van der Waals surface area (Å²) in [5.74, 6) is 0.282. The fourth-order valence-corrected chi connectivity index (χ4v) is 1.40. The van der Waals surface area contributed by atoms with E-state index in [2.05, 4.69) is 5.32 Å². The summed E-state index contributed by atoms with van der Waals surface area (Å²) in [4.78, 5) is 11.8. The quantitative estimate of drug-likeness (QED) is 0.790. The topological polar surface area (TPSA) is 55.1 Å². The molecule has 1 rings (SSSR count). The van der Waals surface area contributed by atoms with Crippen molar-refractivity contribution in [3.8, 4) is 0 Å². The van der Waals surface area contributed by atoms with Crippen LogP contribution in [0.3, 0.4) is 0 Å². The van der Waals surface area contributed by atoms with E-state index in [-0.39, 0.29) is 11.8 Å². The molecule has 0 bridgehead atoms. The van der Waals surface area contributed by atoms with Gasteiger partial charge in [0.1, 0.15) is 0 Å². The summed E-state index contributed by atoms with van der Waals surface area (Å²) < 4.78 is 0. The molecule has 1 amide bonds. The predicted octanol–water partition coefficient (Wildman–Crippen LogP) is 1.50. The van der Waals surface area contributed by atoms with Crippen molar-refractivity contribution in [1.29, 1.82) is 0 Å². The van der Waals surface area contributed by atoms with Crippen LogP contribution in [0.1, 0.15) is 25.3 Å². The Labute approximate surface area is 97.0 Å². The molecular weight excluding hydrogens is 200 g/mol. The Morgan fingerprint density at radius 1 is 1.31 bits per heavy atom. The molecule has 3 N–H and O–H groups in total. The van der Waals surface area contributed by atoms with Crippen molar-refractivity contribution in [2.24, 2.45) is 11.7 Å². The van der Waals surface area contributed by atoms with E-state index >= 15 is 0 Å². The number of nitrogens with two attached hydrogens (primary N) is 1. The summed E-state index contributed by atoms with van der Waals surface area (Å²) in [6.07, 6.45) is 0. The van der Waals surface area contributed by atoms with Gasteiger partial charge in [-0.1, -0.05) is 37.3 Å². The van der Waals surface area contributed by atoms with Gasteiger partial charge >= 0.3 is 0 Å². The van der Waals surface area contributed by atoms with Crippen molar-refractivity contribution in [3.63, 3.8) is 0 Å². The molecule has 0 saturated carbocycles. The number of hydrogen-bond acceptors (Lipinski definition) is 2. The molecule has 88 valence electrons. The van der Waals surface area contributed by atoms with Gasteiger partial charge in [0.25, 0.3) is 0 Å². The lowest BCUT2D eigenvalue weighted by molar-refractivity contribution is -0.122. The number of benzene rings is 1. The lowest BCUT2D eigenvalue weighted by Gasteiger charge is -2.14. The highest BCUT2D eigenvalue weighted by atomic mass is 16.1. The summed E-state index contributed by atoms with van der Waals surface area (Å²) in [6.45, 7) is 5.18. The van der Waals surface area contributed by atoms with E-state index in [4.69, 9.17) is 5.73 Å². The Balaban J connectivity index is 2.49. The number of rotatable bonds is 5. The summed E-state index contributed by atoms with van der Waals surface area (Å²) >= 11 is 0. The molecule has 0 radical (unpaired) electrons. The van der Waals surface area contributed by atoms with E-state index in [1.807, 2.05) is 44.2 Å². The molecule has 0 saturated heterocycles. The smallest absolute Gasteiger partial charge is 0.227 e. The molecule has 0 aliphatic rings. The summed E-state index contributed by atoms with van der Waals surface area (Å²) in [5.41, 5.74) is 6.54. The summed E-state index contributed by atoms with van der Waals surface area (Å²) in [7, 11) is 0. The van der Waals surface area contributed by atoms with Crippen LogP contribution < -0.4 is 11.1 Å². The fourth-order valence-electron chi connectivity index (χ4n) is 1.40. The SMILES string of the molecule is CC(CN)CNC(=O)C(C)c1ccccc1. The van der Waals surface area contributed by atoms with Crippen LogP contribution in [0, 0.1) is 5.92 Å². The number of nitrogens with one attached hydrogen (secondary N) is 1. The van der Waals surface area contributed by atoms with Crippen LogP contribution in [0.25, 0.3) is 0 Å². The molecular formula is C13H20N2O. The standard InChI is InChI=1S/C13H20N2O/c1-10(8-14)9-15-13(16)11(2)12-6-4-3-5-7-12/h3-7,10-11H,8-9,14H2,1-2H3,(H,15,16). The zero-order valence-electron chi connectivity index (χ0n) is 9.94. The normalized spacial score (nSPS) is 14.2. The van der Waals surface area contributed by atoms with Crippen molar-refractivity contribution in [3.05, 3.63) is 35.9 Å². The average Bonchev–Trinajstić information content (AvgIpc) is 2.35. The lowest BCUT2D eigenvalue weighted by atomic mass is 10.0. The van der Waals surface area contributed by atoms with E-state index < -0.39 is 0 Å². The van der Waals surface area contributed by atoms with Crippen LogP contribution in [0.15, 0.2) is 30.3 Å². The highest BCUT2D eigenvalue weighted by Crippen LogP contribution is 2.14. The van der Waals surface area contributed by atoms with Crippen molar-refractivity contribution in [1.82, 2.24) is 5.32 Å². The first-order valence-electron chi connectivity index (χ1n) is 5.68. The van der Waals surface area contributed by atoms with E-state index in [1.165, 1.54) is 0 Å². The second-order valence-electron chi connectivity index (χ2n) is 4.22. The van der Waals surface area contributed by atoms with E-state index in [0.717, 1.165) is 5.56 Å². The van der Waals surface area contributed by atoms with Gasteiger partial charge in [0.15, 0.2) is 0 Å². The molecule has 3 nitrogen and oxygen atoms in total. The highest BCUT2D eigenvalue weighted by Gasteiger charge is 2.14. The third-order valence-corrected chi connectivity index (χ3v) is 2.72. The Kier molecular flexibility index (Phi) is 4.99. The Morgan fingerprint density at radius 2 is 1.94 bits per heavy atom. The van der Waals surface area contributed by atoms with Gasteiger partial charge in [-0.05, 0) is 24.9 Å². The minimum absolute atomic E-state index is 0.0616. The zero-order chi connectivity index (χ0) is 12.0. The van der Waals surface area contributed by atoms with Crippen LogP contribution in [0.5, 0.6) is 0 Å². The molecule has 0 spiro atoms.